The minimum absolute atomic E-state index is 0.123. The second-order valence-electron chi connectivity index (χ2n) is 5.02. The molecule has 0 saturated heterocycles. The van der Waals surface area contributed by atoms with Crippen LogP contribution >= 0.6 is 0 Å². The summed E-state index contributed by atoms with van der Waals surface area (Å²) in [7, 11) is 0. The molecule has 5 heteroatoms. The number of nitro groups is 1. The summed E-state index contributed by atoms with van der Waals surface area (Å²) in [5, 5.41) is 14.3. The van der Waals surface area contributed by atoms with Crippen molar-refractivity contribution in [1.29, 1.82) is 0 Å². The summed E-state index contributed by atoms with van der Waals surface area (Å²) < 4.78 is 5.84. The standard InChI is InChI=1S/C14H20N2O3/c1-3-7-15-11-8-12(9-11)19-14-6-4-5-13(10(14)2)16(17)18/h4-6,11-12,15H,3,7-9H2,1-2H3. The number of hydrogen-bond donors (Lipinski definition) is 1. The molecule has 0 atom stereocenters. The van der Waals surface area contributed by atoms with Crippen molar-refractivity contribution < 1.29 is 9.66 Å². The Morgan fingerprint density at radius 1 is 1.47 bits per heavy atom. The molecule has 0 spiro atoms. The van der Waals surface area contributed by atoms with E-state index in [4.69, 9.17) is 4.74 Å². The molecule has 5 nitrogen and oxygen atoms in total. The molecule has 0 aliphatic heterocycles. The summed E-state index contributed by atoms with van der Waals surface area (Å²) in [4.78, 5) is 10.5. The van der Waals surface area contributed by atoms with Gasteiger partial charge in [0.25, 0.3) is 5.69 Å². The van der Waals surface area contributed by atoms with Gasteiger partial charge in [0.15, 0.2) is 0 Å². The average Bonchev–Trinajstić information content (AvgIpc) is 2.33. The van der Waals surface area contributed by atoms with Gasteiger partial charge >= 0.3 is 0 Å². The molecule has 1 saturated carbocycles. The van der Waals surface area contributed by atoms with Gasteiger partial charge in [-0.2, -0.15) is 0 Å². The van der Waals surface area contributed by atoms with Crippen molar-refractivity contribution in [3.05, 3.63) is 33.9 Å². The zero-order chi connectivity index (χ0) is 13.8. The molecule has 19 heavy (non-hydrogen) atoms. The van der Waals surface area contributed by atoms with Crippen LogP contribution in [0.3, 0.4) is 0 Å². The topological polar surface area (TPSA) is 64.4 Å². The Bertz CT molecular complexity index is 456. The quantitative estimate of drug-likeness (QED) is 0.634. The van der Waals surface area contributed by atoms with Crippen LogP contribution in [0.15, 0.2) is 18.2 Å². The SMILES string of the molecule is CCCNC1CC(Oc2cccc([N+](=O)[O-])c2C)C1. The summed E-state index contributed by atoms with van der Waals surface area (Å²) in [5.74, 6) is 0.633. The fourth-order valence-electron chi connectivity index (χ4n) is 2.28. The smallest absolute Gasteiger partial charge is 0.276 e. The molecule has 0 aromatic heterocycles. The lowest BCUT2D eigenvalue weighted by molar-refractivity contribution is -0.385. The van der Waals surface area contributed by atoms with Crippen molar-refractivity contribution in [3.8, 4) is 5.75 Å². The number of nitrogens with zero attached hydrogens (tertiary/aromatic N) is 1. The minimum Gasteiger partial charge on any atom is -0.490 e. The van der Waals surface area contributed by atoms with Crippen molar-refractivity contribution in [2.75, 3.05) is 6.54 Å². The largest absolute Gasteiger partial charge is 0.490 e. The molecular weight excluding hydrogens is 244 g/mol. The number of nitrogens with one attached hydrogen (secondary N) is 1. The number of hydrogen-bond acceptors (Lipinski definition) is 4. The molecule has 1 aliphatic rings. The van der Waals surface area contributed by atoms with E-state index in [9.17, 15) is 10.1 Å². The van der Waals surface area contributed by atoms with Gasteiger partial charge < -0.3 is 10.1 Å². The molecule has 0 amide bonds. The first-order valence-electron chi connectivity index (χ1n) is 6.75. The van der Waals surface area contributed by atoms with Gasteiger partial charge in [-0.15, -0.1) is 0 Å². The Labute approximate surface area is 113 Å². The molecule has 0 unspecified atom stereocenters. The van der Waals surface area contributed by atoms with Crippen LogP contribution in [-0.2, 0) is 0 Å². The van der Waals surface area contributed by atoms with Crippen LogP contribution in [0.5, 0.6) is 5.75 Å². The first-order valence-corrected chi connectivity index (χ1v) is 6.75. The first kappa shape index (κ1) is 13.8. The summed E-state index contributed by atoms with van der Waals surface area (Å²) in [6.07, 6.45) is 3.26. The Balaban J connectivity index is 1.91. The van der Waals surface area contributed by atoms with Gasteiger partial charge in [0, 0.05) is 12.1 Å². The third-order valence-corrected chi connectivity index (χ3v) is 3.52. The zero-order valence-corrected chi connectivity index (χ0v) is 11.4. The number of ether oxygens (including phenoxy) is 1. The molecule has 1 N–H and O–H groups in total. The van der Waals surface area contributed by atoms with Gasteiger partial charge in [0.1, 0.15) is 11.9 Å². The number of rotatable bonds is 6. The van der Waals surface area contributed by atoms with E-state index >= 15 is 0 Å². The molecular formula is C14H20N2O3. The molecule has 0 bridgehead atoms. The Kier molecular flexibility index (Phi) is 4.37. The second-order valence-corrected chi connectivity index (χ2v) is 5.02. The highest BCUT2D eigenvalue weighted by Gasteiger charge is 2.31. The molecule has 104 valence electrons. The van der Waals surface area contributed by atoms with E-state index in [2.05, 4.69) is 12.2 Å². The maximum atomic E-state index is 10.9. The lowest BCUT2D eigenvalue weighted by atomic mass is 9.89. The fraction of sp³-hybridized carbons (Fsp3) is 0.571. The summed E-state index contributed by atoms with van der Waals surface area (Å²) in [6, 6.07) is 5.51. The van der Waals surface area contributed by atoms with E-state index in [1.54, 1.807) is 19.1 Å². The van der Waals surface area contributed by atoms with Crippen molar-refractivity contribution in [3.63, 3.8) is 0 Å². The van der Waals surface area contributed by atoms with Crippen molar-refractivity contribution >= 4 is 5.69 Å². The van der Waals surface area contributed by atoms with Crippen LogP contribution in [0.25, 0.3) is 0 Å². The minimum atomic E-state index is -0.366. The van der Waals surface area contributed by atoms with E-state index in [0.717, 1.165) is 25.8 Å². The Hall–Kier alpha value is -1.62. The number of benzene rings is 1. The highest BCUT2D eigenvalue weighted by Crippen LogP contribution is 2.31. The van der Waals surface area contributed by atoms with E-state index in [1.807, 2.05) is 0 Å². The lowest BCUT2D eigenvalue weighted by Crippen LogP contribution is -2.47. The molecule has 1 aromatic carbocycles. The van der Waals surface area contributed by atoms with Crippen molar-refractivity contribution in [2.24, 2.45) is 0 Å². The van der Waals surface area contributed by atoms with Crippen molar-refractivity contribution in [1.82, 2.24) is 5.32 Å². The van der Waals surface area contributed by atoms with Crippen LogP contribution in [0.1, 0.15) is 31.7 Å². The third-order valence-electron chi connectivity index (χ3n) is 3.52. The van der Waals surface area contributed by atoms with E-state index in [0.29, 0.717) is 17.4 Å². The van der Waals surface area contributed by atoms with Crippen LogP contribution in [0.4, 0.5) is 5.69 Å². The van der Waals surface area contributed by atoms with Gasteiger partial charge in [-0.3, -0.25) is 10.1 Å². The lowest BCUT2D eigenvalue weighted by Gasteiger charge is -2.36. The van der Waals surface area contributed by atoms with Crippen molar-refractivity contribution in [2.45, 2.75) is 45.3 Å². The highest BCUT2D eigenvalue weighted by molar-refractivity contribution is 5.48. The molecule has 2 rings (SSSR count). The highest BCUT2D eigenvalue weighted by atomic mass is 16.6. The zero-order valence-electron chi connectivity index (χ0n) is 11.4. The van der Waals surface area contributed by atoms with Crippen LogP contribution in [0.2, 0.25) is 0 Å². The van der Waals surface area contributed by atoms with Crippen LogP contribution in [-0.4, -0.2) is 23.6 Å². The number of nitro benzene ring substituents is 1. The average molecular weight is 264 g/mol. The monoisotopic (exact) mass is 264 g/mol. The molecule has 1 aromatic rings. The van der Waals surface area contributed by atoms with Gasteiger partial charge in [-0.25, -0.2) is 0 Å². The fourth-order valence-corrected chi connectivity index (χ4v) is 2.28. The summed E-state index contributed by atoms with van der Waals surface area (Å²) >= 11 is 0. The van der Waals surface area contributed by atoms with Gasteiger partial charge in [-0.1, -0.05) is 13.0 Å². The maximum absolute atomic E-state index is 10.9. The molecule has 0 radical (unpaired) electrons. The Morgan fingerprint density at radius 3 is 2.84 bits per heavy atom. The van der Waals surface area contributed by atoms with Gasteiger partial charge in [0.2, 0.25) is 0 Å². The molecule has 1 fully saturated rings. The van der Waals surface area contributed by atoms with Crippen LogP contribution in [0, 0.1) is 17.0 Å². The predicted molar refractivity (Wildman–Crippen MR) is 73.6 cm³/mol. The summed E-state index contributed by atoms with van der Waals surface area (Å²) in [5.41, 5.74) is 0.731. The van der Waals surface area contributed by atoms with Gasteiger partial charge in [0.05, 0.1) is 10.5 Å². The third kappa shape index (κ3) is 3.23. The first-order chi connectivity index (χ1) is 9.11. The maximum Gasteiger partial charge on any atom is 0.276 e. The van der Waals surface area contributed by atoms with E-state index in [1.165, 1.54) is 6.07 Å². The van der Waals surface area contributed by atoms with E-state index in [-0.39, 0.29) is 16.7 Å². The summed E-state index contributed by atoms with van der Waals surface area (Å²) in [6.45, 7) is 4.91. The predicted octanol–water partition coefficient (Wildman–Crippen LogP) is 2.81. The Morgan fingerprint density at radius 2 is 2.21 bits per heavy atom. The van der Waals surface area contributed by atoms with Gasteiger partial charge in [-0.05, 0) is 38.8 Å². The normalized spacial score (nSPS) is 21.8. The molecule has 0 heterocycles. The van der Waals surface area contributed by atoms with Crippen LogP contribution < -0.4 is 10.1 Å². The second kappa shape index (κ2) is 6.02. The van der Waals surface area contributed by atoms with E-state index < -0.39 is 0 Å². The molecule has 1 aliphatic carbocycles.